The molecule has 0 spiro atoms. The molecule has 0 fully saturated rings. The molecular formula is C12H6BrClF. The molecule has 15 heavy (non-hydrogen) atoms. The smallest absolute Gasteiger partial charge is 0.131 e. The largest absolute Gasteiger partial charge is 0.206 e. The summed E-state index contributed by atoms with van der Waals surface area (Å²) in [5, 5.41) is 0.523. The first-order chi connectivity index (χ1) is 7.16. The third kappa shape index (κ3) is 2.39. The minimum atomic E-state index is -0.280. The zero-order valence-electron chi connectivity index (χ0n) is 7.60. The van der Waals surface area contributed by atoms with E-state index >= 15 is 0 Å². The molecule has 0 N–H and O–H groups in total. The van der Waals surface area contributed by atoms with Gasteiger partial charge in [-0.05, 0) is 35.9 Å². The quantitative estimate of drug-likeness (QED) is 0.711. The molecule has 2 rings (SSSR count). The van der Waals surface area contributed by atoms with E-state index in [4.69, 9.17) is 11.6 Å². The Morgan fingerprint density at radius 3 is 2.73 bits per heavy atom. The lowest BCUT2D eigenvalue weighted by Crippen LogP contribution is -1.84. The summed E-state index contributed by atoms with van der Waals surface area (Å²) in [6, 6.07) is 12.8. The van der Waals surface area contributed by atoms with Gasteiger partial charge in [-0.15, -0.1) is 0 Å². The summed E-state index contributed by atoms with van der Waals surface area (Å²) in [4.78, 5) is 0. The molecule has 0 aliphatic heterocycles. The average molecular weight is 285 g/mol. The van der Waals surface area contributed by atoms with Crippen LogP contribution in [0.5, 0.6) is 0 Å². The molecule has 0 bridgehead atoms. The van der Waals surface area contributed by atoms with E-state index in [1.807, 2.05) is 0 Å². The van der Waals surface area contributed by atoms with Crippen molar-refractivity contribution in [1.82, 2.24) is 0 Å². The molecule has 0 atom stereocenters. The summed E-state index contributed by atoms with van der Waals surface area (Å²) in [7, 11) is 0. The Bertz CT molecular complexity index is 497. The van der Waals surface area contributed by atoms with Gasteiger partial charge in [0.05, 0.1) is 0 Å². The van der Waals surface area contributed by atoms with Crippen LogP contribution in [0.1, 0.15) is 0 Å². The highest BCUT2D eigenvalue weighted by Gasteiger charge is 2.05. The maximum atomic E-state index is 13.5. The van der Waals surface area contributed by atoms with Crippen molar-refractivity contribution in [2.45, 2.75) is 0 Å². The van der Waals surface area contributed by atoms with E-state index in [2.05, 4.69) is 22.0 Å². The first-order valence-corrected chi connectivity index (χ1v) is 5.46. The summed E-state index contributed by atoms with van der Waals surface area (Å²) >= 11 is 9.11. The summed E-state index contributed by atoms with van der Waals surface area (Å²) in [6.45, 7) is 0. The fourth-order valence-electron chi connectivity index (χ4n) is 1.32. The van der Waals surface area contributed by atoms with E-state index in [0.29, 0.717) is 10.6 Å². The van der Waals surface area contributed by atoms with Crippen LogP contribution in [0.3, 0.4) is 0 Å². The van der Waals surface area contributed by atoms with Crippen molar-refractivity contribution in [3.05, 3.63) is 57.8 Å². The Kier molecular flexibility index (Phi) is 3.08. The van der Waals surface area contributed by atoms with Crippen LogP contribution in [0.15, 0.2) is 40.9 Å². The van der Waals surface area contributed by atoms with Crippen molar-refractivity contribution in [2.24, 2.45) is 0 Å². The first-order valence-electron chi connectivity index (χ1n) is 4.29. The van der Waals surface area contributed by atoms with Gasteiger partial charge >= 0.3 is 0 Å². The van der Waals surface area contributed by atoms with Crippen LogP contribution < -0.4 is 0 Å². The molecule has 3 heteroatoms. The van der Waals surface area contributed by atoms with Crippen LogP contribution in [0.25, 0.3) is 11.1 Å². The Morgan fingerprint density at radius 1 is 1.20 bits per heavy atom. The maximum absolute atomic E-state index is 13.5. The fraction of sp³-hybridized carbons (Fsp3) is 0. The highest BCUT2D eigenvalue weighted by atomic mass is 79.9. The van der Waals surface area contributed by atoms with Gasteiger partial charge in [-0.3, -0.25) is 0 Å². The van der Waals surface area contributed by atoms with Gasteiger partial charge in [-0.25, -0.2) is 4.39 Å². The topological polar surface area (TPSA) is 0 Å². The molecule has 0 nitrogen and oxygen atoms in total. The molecule has 75 valence electrons. The van der Waals surface area contributed by atoms with Gasteiger partial charge in [0.25, 0.3) is 0 Å². The van der Waals surface area contributed by atoms with Crippen LogP contribution in [-0.4, -0.2) is 0 Å². The van der Waals surface area contributed by atoms with Crippen molar-refractivity contribution in [1.29, 1.82) is 0 Å². The van der Waals surface area contributed by atoms with Gasteiger partial charge in [0.1, 0.15) is 5.82 Å². The number of benzene rings is 2. The molecule has 0 amide bonds. The summed E-state index contributed by atoms with van der Waals surface area (Å²) in [5.74, 6) is -0.280. The molecule has 0 aromatic heterocycles. The standard InChI is InChI=1S/C12H6BrClF/c13-9-3-1-2-8(6-9)11-7-10(14)4-5-12(11)15/h1-2,4-7H. The van der Waals surface area contributed by atoms with Crippen LogP contribution >= 0.6 is 27.5 Å². The lowest BCUT2D eigenvalue weighted by Gasteiger charge is -2.04. The second kappa shape index (κ2) is 4.33. The van der Waals surface area contributed by atoms with E-state index in [1.165, 1.54) is 12.1 Å². The van der Waals surface area contributed by atoms with Crippen molar-refractivity contribution < 1.29 is 4.39 Å². The minimum absolute atomic E-state index is 0.280. The molecular weight excluding hydrogens is 278 g/mol. The Morgan fingerprint density at radius 2 is 2.00 bits per heavy atom. The van der Waals surface area contributed by atoms with Crippen molar-refractivity contribution in [3.8, 4) is 11.1 Å². The molecule has 2 aromatic carbocycles. The highest BCUT2D eigenvalue weighted by molar-refractivity contribution is 9.10. The molecule has 0 aliphatic carbocycles. The second-order valence-electron chi connectivity index (χ2n) is 3.05. The monoisotopic (exact) mass is 283 g/mol. The van der Waals surface area contributed by atoms with Crippen LogP contribution in [0.2, 0.25) is 5.02 Å². The van der Waals surface area contributed by atoms with E-state index in [1.54, 1.807) is 24.3 Å². The van der Waals surface area contributed by atoms with Crippen molar-refractivity contribution in [2.75, 3.05) is 0 Å². The maximum Gasteiger partial charge on any atom is 0.131 e. The second-order valence-corrected chi connectivity index (χ2v) is 4.34. The first kappa shape index (κ1) is 10.7. The lowest BCUT2D eigenvalue weighted by atomic mass is 10.1. The summed E-state index contributed by atoms with van der Waals surface area (Å²) in [5.41, 5.74) is 1.28. The van der Waals surface area contributed by atoms with Crippen molar-refractivity contribution >= 4 is 27.5 Å². The average Bonchev–Trinajstić information content (AvgIpc) is 2.22. The third-order valence-corrected chi connectivity index (χ3v) is 2.70. The van der Waals surface area contributed by atoms with Crippen molar-refractivity contribution in [3.63, 3.8) is 0 Å². The van der Waals surface area contributed by atoms with Gasteiger partial charge in [-0.2, -0.15) is 0 Å². The summed E-state index contributed by atoms with van der Waals surface area (Å²) < 4.78 is 14.3. The van der Waals surface area contributed by atoms with Crippen LogP contribution in [0.4, 0.5) is 4.39 Å². The van der Waals surface area contributed by atoms with Gasteiger partial charge < -0.3 is 0 Å². The molecule has 0 unspecified atom stereocenters. The van der Waals surface area contributed by atoms with Gasteiger partial charge in [-0.1, -0.05) is 39.7 Å². The predicted octanol–water partition coefficient (Wildman–Crippen LogP) is 4.71. The molecule has 0 aliphatic rings. The van der Waals surface area contributed by atoms with Gasteiger partial charge in [0.15, 0.2) is 0 Å². The normalized spacial score (nSPS) is 10.3. The number of hydrogen-bond donors (Lipinski definition) is 0. The van der Waals surface area contributed by atoms with Gasteiger partial charge in [0, 0.05) is 15.1 Å². The predicted molar refractivity (Wildman–Crippen MR) is 63.4 cm³/mol. The Hall–Kier alpha value is -0.860. The molecule has 0 saturated carbocycles. The van der Waals surface area contributed by atoms with E-state index in [-0.39, 0.29) is 5.82 Å². The van der Waals surface area contributed by atoms with Crippen LogP contribution in [0, 0.1) is 11.9 Å². The zero-order valence-corrected chi connectivity index (χ0v) is 9.94. The van der Waals surface area contributed by atoms with Crippen LogP contribution in [-0.2, 0) is 0 Å². The molecule has 2 aromatic rings. The SMILES string of the molecule is Fc1ccc(Cl)cc1-c1cc[c]c(Br)c1. The fourth-order valence-corrected chi connectivity index (χ4v) is 1.87. The zero-order chi connectivity index (χ0) is 10.8. The van der Waals surface area contributed by atoms with E-state index in [0.717, 1.165) is 10.0 Å². The van der Waals surface area contributed by atoms with E-state index in [9.17, 15) is 4.39 Å². The Balaban J connectivity index is 2.58. The Labute approximate surface area is 101 Å². The minimum Gasteiger partial charge on any atom is -0.206 e. The lowest BCUT2D eigenvalue weighted by molar-refractivity contribution is 0.631. The number of rotatable bonds is 1. The summed E-state index contributed by atoms with van der Waals surface area (Å²) in [6.07, 6.45) is 0. The van der Waals surface area contributed by atoms with E-state index < -0.39 is 0 Å². The molecule has 1 radical (unpaired) electrons. The van der Waals surface area contributed by atoms with Gasteiger partial charge in [0.2, 0.25) is 0 Å². The number of halogens is 3. The number of hydrogen-bond acceptors (Lipinski definition) is 0. The third-order valence-electron chi connectivity index (χ3n) is 2.01. The highest BCUT2D eigenvalue weighted by Crippen LogP contribution is 2.27. The molecule has 0 saturated heterocycles. The molecule has 0 heterocycles.